The van der Waals surface area contributed by atoms with Gasteiger partial charge in [-0.25, -0.2) is 0 Å². The Morgan fingerprint density at radius 2 is 1.94 bits per heavy atom. The smallest absolute Gasteiger partial charge is 0.302 e. The predicted molar refractivity (Wildman–Crippen MR) is 58.6 cm³/mol. The SMILES string of the molecule is CC(=O)OCCOc1cccc(C(C)=O)c1. The molecule has 86 valence electrons. The Hall–Kier alpha value is -1.84. The molecule has 1 aromatic carbocycles. The van der Waals surface area contributed by atoms with Crippen molar-refractivity contribution in [3.05, 3.63) is 29.8 Å². The Morgan fingerprint density at radius 1 is 1.19 bits per heavy atom. The second-order valence-corrected chi connectivity index (χ2v) is 3.27. The van der Waals surface area contributed by atoms with Gasteiger partial charge in [-0.1, -0.05) is 12.1 Å². The van der Waals surface area contributed by atoms with Gasteiger partial charge >= 0.3 is 5.97 Å². The molecule has 0 amide bonds. The first-order valence-electron chi connectivity index (χ1n) is 4.97. The van der Waals surface area contributed by atoms with Crippen molar-refractivity contribution < 1.29 is 19.1 Å². The van der Waals surface area contributed by atoms with Crippen LogP contribution in [0.25, 0.3) is 0 Å². The van der Waals surface area contributed by atoms with Gasteiger partial charge in [0.25, 0.3) is 0 Å². The Balaban J connectivity index is 2.45. The Labute approximate surface area is 94.2 Å². The number of carbonyl (C=O) groups is 2. The third-order valence-electron chi connectivity index (χ3n) is 1.90. The number of benzene rings is 1. The highest BCUT2D eigenvalue weighted by Crippen LogP contribution is 2.13. The van der Waals surface area contributed by atoms with Crippen LogP contribution in [0.4, 0.5) is 0 Å². The minimum Gasteiger partial charge on any atom is -0.490 e. The van der Waals surface area contributed by atoms with E-state index in [4.69, 9.17) is 9.47 Å². The van der Waals surface area contributed by atoms with Crippen molar-refractivity contribution in [2.24, 2.45) is 0 Å². The molecule has 16 heavy (non-hydrogen) atoms. The van der Waals surface area contributed by atoms with E-state index in [9.17, 15) is 9.59 Å². The van der Waals surface area contributed by atoms with Crippen LogP contribution in [0.2, 0.25) is 0 Å². The lowest BCUT2D eigenvalue weighted by Crippen LogP contribution is -2.09. The molecule has 0 atom stereocenters. The summed E-state index contributed by atoms with van der Waals surface area (Å²) in [5.41, 5.74) is 0.602. The highest BCUT2D eigenvalue weighted by atomic mass is 16.6. The van der Waals surface area contributed by atoms with E-state index in [0.717, 1.165) is 0 Å². The molecule has 0 aliphatic heterocycles. The summed E-state index contributed by atoms with van der Waals surface area (Å²) >= 11 is 0. The van der Waals surface area contributed by atoms with Gasteiger partial charge in [-0.3, -0.25) is 9.59 Å². The van der Waals surface area contributed by atoms with Crippen LogP contribution in [-0.2, 0) is 9.53 Å². The van der Waals surface area contributed by atoms with E-state index in [1.165, 1.54) is 13.8 Å². The highest BCUT2D eigenvalue weighted by molar-refractivity contribution is 5.94. The number of esters is 1. The summed E-state index contributed by atoms with van der Waals surface area (Å²) in [5.74, 6) is 0.256. The van der Waals surface area contributed by atoms with Gasteiger partial charge in [0, 0.05) is 12.5 Å². The quantitative estimate of drug-likeness (QED) is 0.433. The van der Waals surface area contributed by atoms with Crippen molar-refractivity contribution in [1.29, 1.82) is 0 Å². The van der Waals surface area contributed by atoms with Crippen LogP contribution in [0.1, 0.15) is 24.2 Å². The molecule has 4 heteroatoms. The van der Waals surface area contributed by atoms with Gasteiger partial charge in [0.2, 0.25) is 0 Å². The molecule has 0 aliphatic rings. The molecule has 0 radical (unpaired) electrons. The molecule has 4 nitrogen and oxygen atoms in total. The minimum absolute atomic E-state index is 0.00886. The molecule has 0 aliphatic carbocycles. The largest absolute Gasteiger partial charge is 0.490 e. The second kappa shape index (κ2) is 5.90. The first-order valence-corrected chi connectivity index (χ1v) is 4.97. The first-order chi connectivity index (χ1) is 7.59. The monoisotopic (exact) mass is 222 g/mol. The van der Waals surface area contributed by atoms with Crippen LogP contribution in [0, 0.1) is 0 Å². The third-order valence-corrected chi connectivity index (χ3v) is 1.90. The summed E-state index contributed by atoms with van der Waals surface area (Å²) in [5, 5.41) is 0. The second-order valence-electron chi connectivity index (χ2n) is 3.27. The molecular weight excluding hydrogens is 208 g/mol. The van der Waals surface area contributed by atoms with Gasteiger partial charge in [0.15, 0.2) is 5.78 Å². The maximum Gasteiger partial charge on any atom is 0.302 e. The van der Waals surface area contributed by atoms with Gasteiger partial charge in [-0.2, -0.15) is 0 Å². The third kappa shape index (κ3) is 4.13. The number of hydrogen-bond donors (Lipinski definition) is 0. The standard InChI is InChI=1S/C12H14O4/c1-9(13)11-4-3-5-12(8-11)16-7-6-15-10(2)14/h3-5,8H,6-7H2,1-2H3. The average molecular weight is 222 g/mol. The van der Waals surface area contributed by atoms with Gasteiger partial charge in [0.05, 0.1) is 0 Å². The predicted octanol–water partition coefficient (Wildman–Crippen LogP) is 1.83. The van der Waals surface area contributed by atoms with Gasteiger partial charge < -0.3 is 9.47 Å². The summed E-state index contributed by atoms with van der Waals surface area (Å²) < 4.78 is 10.0. The number of ether oxygens (including phenoxy) is 2. The van der Waals surface area contributed by atoms with Crippen LogP contribution < -0.4 is 4.74 Å². The molecule has 0 saturated carbocycles. The Kier molecular flexibility index (Phi) is 4.51. The number of ketones is 1. The average Bonchev–Trinajstić information content (AvgIpc) is 2.24. The van der Waals surface area contributed by atoms with E-state index in [1.807, 2.05) is 0 Å². The first kappa shape index (κ1) is 12.2. The molecule has 0 unspecified atom stereocenters. The number of rotatable bonds is 5. The van der Waals surface area contributed by atoms with Crippen LogP contribution >= 0.6 is 0 Å². The summed E-state index contributed by atoms with van der Waals surface area (Å²) in [6, 6.07) is 6.88. The molecule has 0 aromatic heterocycles. The van der Waals surface area contributed by atoms with Crippen molar-refractivity contribution in [3.63, 3.8) is 0 Å². The fourth-order valence-electron chi connectivity index (χ4n) is 1.15. The van der Waals surface area contributed by atoms with E-state index in [2.05, 4.69) is 0 Å². The van der Waals surface area contributed by atoms with Crippen molar-refractivity contribution >= 4 is 11.8 Å². The van der Waals surface area contributed by atoms with Crippen molar-refractivity contribution in [1.82, 2.24) is 0 Å². The van der Waals surface area contributed by atoms with Crippen LogP contribution in [0.5, 0.6) is 5.75 Å². The van der Waals surface area contributed by atoms with E-state index in [0.29, 0.717) is 11.3 Å². The lowest BCUT2D eigenvalue weighted by atomic mass is 10.1. The minimum atomic E-state index is -0.332. The van der Waals surface area contributed by atoms with Crippen LogP contribution in [-0.4, -0.2) is 25.0 Å². The Bertz CT molecular complexity index is 384. The lowest BCUT2D eigenvalue weighted by Gasteiger charge is -2.06. The highest BCUT2D eigenvalue weighted by Gasteiger charge is 2.01. The molecule has 0 saturated heterocycles. The van der Waals surface area contributed by atoms with Gasteiger partial charge in [0.1, 0.15) is 19.0 Å². The molecule has 0 bridgehead atoms. The summed E-state index contributed by atoms with van der Waals surface area (Å²) in [4.78, 5) is 21.6. The zero-order chi connectivity index (χ0) is 12.0. The summed E-state index contributed by atoms with van der Waals surface area (Å²) in [7, 11) is 0. The fourth-order valence-corrected chi connectivity index (χ4v) is 1.15. The molecule has 0 heterocycles. The van der Waals surface area contributed by atoms with Crippen LogP contribution in [0.15, 0.2) is 24.3 Å². The number of carbonyl (C=O) groups excluding carboxylic acids is 2. The number of hydrogen-bond acceptors (Lipinski definition) is 4. The van der Waals surface area contributed by atoms with Gasteiger partial charge in [-0.05, 0) is 19.1 Å². The molecular formula is C12H14O4. The maximum atomic E-state index is 11.1. The van der Waals surface area contributed by atoms with Crippen molar-refractivity contribution in [2.45, 2.75) is 13.8 Å². The summed E-state index contributed by atoms with van der Waals surface area (Å²) in [6.07, 6.45) is 0. The topological polar surface area (TPSA) is 52.6 Å². The Morgan fingerprint density at radius 3 is 2.56 bits per heavy atom. The van der Waals surface area contributed by atoms with Crippen molar-refractivity contribution in [2.75, 3.05) is 13.2 Å². The van der Waals surface area contributed by atoms with E-state index >= 15 is 0 Å². The molecule has 1 aromatic rings. The maximum absolute atomic E-state index is 11.1. The molecule has 0 N–H and O–H groups in total. The zero-order valence-corrected chi connectivity index (χ0v) is 9.36. The van der Waals surface area contributed by atoms with E-state index in [1.54, 1.807) is 24.3 Å². The fraction of sp³-hybridized carbons (Fsp3) is 0.333. The van der Waals surface area contributed by atoms with Crippen LogP contribution in [0.3, 0.4) is 0 Å². The number of Topliss-reactive ketones (excluding diaryl/α,β-unsaturated/α-hetero) is 1. The van der Waals surface area contributed by atoms with E-state index in [-0.39, 0.29) is 25.0 Å². The van der Waals surface area contributed by atoms with Crippen molar-refractivity contribution in [3.8, 4) is 5.75 Å². The van der Waals surface area contributed by atoms with Gasteiger partial charge in [-0.15, -0.1) is 0 Å². The lowest BCUT2D eigenvalue weighted by molar-refractivity contribution is -0.141. The van der Waals surface area contributed by atoms with E-state index < -0.39 is 0 Å². The zero-order valence-electron chi connectivity index (χ0n) is 9.36. The molecule has 1 rings (SSSR count). The normalized spacial score (nSPS) is 9.62. The molecule has 0 spiro atoms. The molecule has 0 fully saturated rings. The summed E-state index contributed by atoms with van der Waals surface area (Å²) in [6.45, 7) is 3.33.